The normalized spacial score (nSPS) is 13.7. The van der Waals surface area contributed by atoms with Crippen molar-refractivity contribution in [3.05, 3.63) is 89.5 Å². The van der Waals surface area contributed by atoms with Crippen LogP contribution in [-0.2, 0) is 27.7 Å². The van der Waals surface area contributed by atoms with Crippen molar-refractivity contribution in [2.24, 2.45) is 0 Å². The van der Waals surface area contributed by atoms with E-state index in [1.54, 1.807) is 42.5 Å². The van der Waals surface area contributed by atoms with E-state index in [0.717, 1.165) is 29.1 Å². The summed E-state index contributed by atoms with van der Waals surface area (Å²) in [7, 11) is -3.97. The van der Waals surface area contributed by atoms with Gasteiger partial charge in [-0.3, -0.25) is 9.10 Å². The van der Waals surface area contributed by atoms with Gasteiger partial charge in [0, 0.05) is 0 Å². The lowest BCUT2D eigenvalue weighted by Gasteiger charge is -2.25. The molecule has 6 nitrogen and oxygen atoms in total. The predicted octanol–water partition coefficient (Wildman–Crippen LogP) is 4.65. The lowest BCUT2D eigenvalue weighted by Crippen LogP contribution is -2.41. The second-order valence-corrected chi connectivity index (χ2v) is 10.3. The van der Waals surface area contributed by atoms with Gasteiger partial charge in [-0.1, -0.05) is 36.4 Å². The van der Waals surface area contributed by atoms with Crippen molar-refractivity contribution in [2.45, 2.75) is 44.0 Å². The van der Waals surface area contributed by atoms with Crippen molar-refractivity contribution in [1.82, 2.24) is 5.32 Å². The highest BCUT2D eigenvalue weighted by Crippen LogP contribution is 2.27. The Labute approximate surface area is 201 Å². The van der Waals surface area contributed by atoms with Crippen LogP contribution < -0.4 is 14.4 Å². The molecule has 1 unspecified atom stereocenters. The zero-order valence-corrected chi connectivity index (χ0v) is 20.3. The highest BCUT2D eigenvalue weighted by atomic mass is 32.2. The van der Waals surface area contributed by atoms with E-state index in [0.29, 0.717) is 18.0 Å². The molecule has 1 aliphatic rings. The summed E-state index contributed by atoms with van der Waals surface area (Å²) in [5.41, 5.74) is 4.16. The molecule has 3 aromatic rings. The van der Waals surface area contributed by atoms with Gasteiger partial charge in [-0.05, 0) is 86.2 Å². The predicted molar refractivity (Wildman–Crippen MR) is 134 cm³/mol. The third-order valence-electron chi connectivity index (χ3n) is 6.05. The summed E-state index contributed by atoms with van der Waals surface area (Å²) >= 11 is 0. The van der Waals surface area contributed by atoms with Crippen molar-refractivity contribution in [1.29, 1.82) is 0 Å². The molecule has 3 aromatic carbocycles. The van der Waals surface area contributed by atoms with E-state index in [1.165, 1.54) is 23.3 Å². The Morgan fingerprint density at radius 3 is 2.41 bits per heavy atom. The molecule has 0 saturated carbocycles. The zero-order valence-electron chi connectivity index (χ0n) is 19.5. The van der Waals surface area contributed by atoms with Crippen LogP contribution in [0.4, 0.5) is 5.69 Å². The number of hydrogen-bond donors (Lipinski definition) is 1. The number of carbonyl (C=O) groups is 1. The monoisotopic (exact) mass is 478 g/mol. The number of aryl methyl sites for hydroxylation is 2. The number of amides is 1. The number of hydrogen-bond acceptors (Lipinski definition) is 4. The van der Waals surface area contributed by atoms with Gasteiger partial charge >= 0.3 is 0 Å². The van der Waals surface area contributed by atoms with Crippen LogP contribution in [0.3, 0.4) is 0 Å². The molecule has 0 aliphatic heterocycles. The molecule has 178 valence electrons. The number of benzene rings is 3. The van der Waals surface area contributed by atoms with Crippen LogP contribution >= 0.6 is 0 Å². The minimum absolute atomic E-state index is 0.0966. The molecule has 34 heavy (non-hydrogen) atoms. The molecule has 0 aromatic heterocycles. The molecule has 7 heteroatoms. The molecule has 1 atom stereocenters. The van der Waals surface area contributed by atoms with Crippen molar-refractivity contribution in [3.8, 4) is 5.75 Å². The van der Waals surface area contributed by atoms with E-state index < -0.39 is 10.0 Å². The molecule has 1 N–H and O–H groups in total. The van der Waals surface area contributed by atoms with Crippen molar-refractivity contribution >= 4 is 21.6 Å². The summed E-state index contributed by atoms with van der Waals surface area (Å²) in [6, 6.07) is 21.0. The standard InChI is InChI=1S/C27H30N2O4S/c1-3-33-25-14-16-26(17-15-25)34(31,32)29(24-10-5-4-6-11-24)19-27(30)28-20(2)22-13-12-21-8-7-9-23(21)18-22/h4-6,10-18,20H,3,7-9,19H2,1-2H3,(H,28,30). The molecule has 0 bridgehead atoms. The Morgan fingerprint density at radius 1 is 1.00 bits per heavy atom. The van der Waals surface area contributed by atoms with E-state index in [1.807, 2.05) is 19.9 Å². The number of ether oxygens (including phenoxy) is 1. The summed E-state index contributed by atoms with van der Waals surface area (Å²) in [4.78, 5) is 13.1. The first-order valence-electron chi connectivity index (χ1n) is 11.6. The van der Waals surface area contributed by atoms with Gasteiger partial charge in [0.25, 0.3) is 10.0 Å². The smallest absolute Gasteiger partial charge is 0.264 e. The molecule has 0 radical (unpaired) electrons. The maximum Gasteiger partial charge on any atom is 0.264 e. The number of nitrogens with one attached hydrogen (secondary N) is 1. The van der Waals surface area contributed by atoms with Crippen LogP contribution in [0.15, 0.2) is 77.7 Å². The van der Waals surface area contributed by atoms with Crippen molar-refractivity contribution < 1.29 is 17.9 Å². The van der Waals surface area contributed by atoms with E-state index in [4.69, 9.17) is 4.74 Å². The number of anilines is 1. The highest BCUT2D eigenvalue weighted by Gasteiger charge is 2.28. The van der Waals surface area contributed by atoms with Gasteiger partial charge in [0.2, 0.25) is 5.91 Å². The second kappa shape index (κ2) is 10.3. The quantitative estimate of drug-likeness (QED) is 0.486. The van der Waals surface area contributed by atoms with Crippen LogP contribution in [0, 0.1) is 0 Å². The SMILES string of the molecule is CCOc1ccc(S(=O)(=O)N(CC(=O)NC(C)c2ccc3c(c2)CCC3)c2ccccc2)cc1. The fourth-order valence-corrected chi connectivity index (χ4v) is 5.69. The van der Waals surface area contributed by atoms with Gasteiger partial charge in [-0.2, -0.15) is 0 Å². The molecule has 0 spiro atoms. The molecule has 0 saturated heterocycles. The average molecular weight is 479 g/mol. The molecule has 4 rings (SSSR count). The van der Waals surface area contributed by atoms with Gasteiger partial charge in [0.15, 0.2) is 0 Å². The topological polar surface area (TPSA) is 75.7 Å². The lowest BCUT2D eigenvalue weighted by atomic mass is 10.0. The number of nitrogens with zero attached hydrogens (tertiary/aromatic N) is 1. The third kappa shape index (κ3) is 5.25. The molecular formula is C27H30N2O4S. The average Bonchev–Trinajstić information content (AvgIpc) is 3.31. The second-order valence-electron chi connectivity index (χ2n) is 8.42. The van der Waals surface area contributed by atoms with E-state index in [2.05, 4.69) is 17.4 Å². The Kier molecular flexibility index (Phi) is 7.22. The summed E-state index contributed by atoms with van der Waals surface area (Å²) < 4.78 is 33.6. The van der Waals surface area contributed by atoms with Crippen LogP contribution in [0.25, 0.3) is 0 Å². The van der Waals surface area contributed by atoms with E-state index >= 15 is 0 Å². The fraction of sp³-hybridized carbons (Fsp3) is 0.296. The molecule has 1 amide bonds. The Balaban J connectivity index is 1.55. The van der Waals surface area contributed by atoms with Crippen molar-refractivity contribution in [2.75, 3.05) is 17.5 Å². The van der Waals surface area contributed by atoms with Crippen LogP contribution in [0.1, 0.15) is 43.0 Å². The summed E-state index contributed by atoms with van der Waals surface area (Å²) in [6.45, 7) is 3.95. The van der Waals surface area contributed by atoms with Gasteiger partial charge in [-0.15, -0.1) is 0 Å². The number of fused-ring (bicyclic) bond motifs is 1. The van der Waals surface area contributed by atoms with E-state index in [-0.39, 0.29) is 23.4 Å². The first-order valence-corrected chi connectivity index (χ1v) is 13.0. The minimum Gasteiger partial charge on any atom is -0.494 e. The molecular weight excluding hydrogens is 448 g/mol. The molecule has 0 heterocycles. The first-order chi connectivity index (χ1) is 16.4. The minimum atomic E-state index is -3.97. The highest BCUT2D eigenvalue weighted by molar-refractivity contribution is 7.92. The van der Waals surface area contributed by atoms with Gasteiger partial charge in [0.05, 0.1) is 23.2 Å². The van der Waals surface area contributed by atoms with E-state index in [9.17, 15) is 13.2 Å². The number of carbonyl (C=O) groups excluding carboxylic acids is 1. The summed E-state index contributed by atoms with van der Waals surface area (Å²) in [5, 5.41) is 2.97. The Morgan fingerprint density at radius 2 is 1.71 bits per heavy atom. The largest absolute Gasteiger partial charge is 0.494 e. The lowest BCUT2D eigenvalue weighted by molar-refractivity contribution is -0.120. The first kappa shape index (κ1) is 23.8. The fourth-order valence-electron chi connectivity index (χ4n) is 4.27. The third-order valence-corrected chi connectivity index (χ3v) is 7.84. The summed E-state index contributed by atoms with van der Waals surface area (Å²) in [6.07, 6.45) is 3.33. The maximum absolute atomic E-state index is 13.5. The summed E-state index contributed by atoms with van der Waals surface area (Å²) in [5.74, 6) is 0.222. The van der Waals surface area contributed by atoms with Crippen LogP contribution in [-0.4, -0.2) is 27.5 Å². The number of rotatable bonds is 9. The van der Waals surface area contributed by atoms with Crippen LogP contribution in [0.5, 0.6) is 5.75 Å². The molecule has 0 fully saturated rings. The van der Waals surface area contributed by atoms with Crippen molar-refractivity contribution in [3.63, 3.8) is 0 Å². The maximum atomic E-state index is 13.5. The molecule has 1 aliphatic carbocycles. The Bertz CT molecular complexity index is 1240. The van der Waals surface area contributed by atoms with Gasteiger partial charge in [-0.25, -0.2) is 8.42 Å². The Hall–Kier alpha value is -3.32. The van der Waals surface area contributed by atoms with Gasteiger partial charge in [0.1, 0.15) is 12.3 Å². The van der Waals surface area contributed by atoms with Gasteiger partial charge < -0.3 is 10.1 Å². The van der Waals surface area contributed by atoms with Crippen LogP contribution in [0.2, 0.25) is 0 Å². The number of sulfonamides is 1. The number of para-hydroxylation sites is 1. The zero-order chi connectivity index (χ0) is 24.1.